The number of ether oxygens (including phenoxy) is 2. The minimum Gasteiger partial charge on any atom is -0.485 e. The number of aliphatic hydroxyl groups is 1. The van der Waals surface area contributed by atoms with E-state index in [1.807, 2.05) is 36.4 Å². The van der Waals surface area contributed by atoms with Crippen molar-refractivity contribution in [2.45, 2.75) is 67.9 Å². The average molecular weight is 577 g/mol. The Balaban J connectivity index is 1.18. The Hall–Kier alpha value is -4.01. The number of rotatable bonds is 6. The van der Waals surface area contributed by atoms with Gasteiger partial charge < -0.3 is 14.6 Å². The third-order valence-corrected chi connectivity index (χ3v) is 11.0. The zero-order valence-corrected chi connectivity index (χ0v) is 23.7. The topological polar surface area (TPSA) is 96.4 Å². The molecule has 3 aliphatic carbocycles. The molecule has 0 unspecified atom stereocenters. The van der Waals surface area contributed by atoms with Crippen LogP contribution in [0.4, 0.5) is 0 Å². The quantitative estimate of drug-likeness (QED) is 0.441. The molecule has 3 heterocycles. The molecule has 8 heteroatoms. The van der Waals surface area contributed by atoms with Gasteiger partial charge >= 0.3 is 0 Å². The number of nitrogens with zero attached hydrogens (tertiary/aromatic N) is 2. The predicted octanol–water partition coefficient (Wildman–Crippen LogP) is 4.13. The van der Waals surface area contributed by atoms with Gasteiger partial charge in [-0.05, 0) is 67.9 Å². The van der Waals surface area contributed by atoms with E-state index in [4.69, 9.17) is 9.47 Å². The lowest BCUT2D eigenvalue weighted by Crippen LogP contribution is -2.79. The normalized spacial score (nSPS) is 32.0. The van der Waals surface area contributed by atoms with Gasteiger partial charge in [0, 0.05) is 24.2 Å². The summed E-state index contributed by atoms with van der Waals surface area (Å²) in [7, 11) is 0. The van der Waals surface area contributed by atoms with Crippen LogP contribution < -0.4 is 9.47 Å². The van der Waals surface area contributed by atoms with Crippen LogP contribution in [0.1, 0.15) is 74.3 Å². The summed E-state index contributed by atoms with van der Waals surface area (Å²) < 4.78 is 13.2. The number of ketones is 1. The lowest BCUT2D eigenvalue weighted by atomic mass is 9.48. The first-order valence-corrected chi connectivity index (χ1v) is 15.4. The van der Waals surface area contributed by atoms with Gasteiger partial charge in [0.05, 0.1) is 22.6 Å². The van der Waals surface area contributed by atoms with Crippen molar-refractivity contribution in [2.24, 2.45) is 5.92 Å². The van der Waals surface area contributed by atoms with Crippen molar-refractivity contribution >= 4 is 17.6 Å². The zero-order chi connectivity index (χ0) is 29.1. The lowest BCUT2D eigenvalue weighted by Gasteiger charge is -2.63. The number of hydrogen-bond acceptors (Lipinski definition) is 7. The Labute approximate surface area is 249 Å². The van der Waals surface area contributed by atoms with Crippen LogP contribution in [0.15, 0.2) is 66.7 Å². The Morgan fingerprint density at radius 1 is 0.860 bits per heavy atom. The summed E-state index contributed by atoms with van der Waals surface area (Å²) in [6, 6.07) is 19.1. The third-order valence-electron chi connectivity index (χ3n) is 11.0. The van der Waals surface area contributed by atoms with E-state index in [1.54, 1.807) is 30.3 Å². The molecule has 8 nitrogen and oxygen atoms in total. The highest BCUT2D eigenvalue weighted by molar-refractivity contribution is 6.21. The lowest BCUT2D eigenvalue weighted by molar-refractivity contribution is -0.182. The van der Waals surface area contributed by atoms with Crippen molar-refractivity contribution in [1.29, 1.82) is 0 Å². The van der Waals surface area contributed by atoms with Crippen molar-refractivity contribution in [2.75, 3.05) is 13.1 Å². The predicted molar refractivity (Wildman–Crippen MR) is 155 cm³/mol. The summed E-state index contributed by atoms with van der Waals surface area (Å²) in [4.78, 5) is 45.4. The molecule has 3 aromatic carbocycles. The molecule has 2 bridgehead atoms. The SMILES string of the molecule is O=C1c2ccc(OCc3ccccc3)c3c2[C@]24CCN(CC5CC5)[C@H]1[C@]2(O)CC[C@@H](N1C(=O)c2ccccc2C1=O)[C@@H]4O3. The van der Waals surface area contributed by atoms with Crippen molar-refractivity contribution in [1.82, 2.24) is 9.80 Å². The summed E-state index contributed by atoms with van der Waals surface area (Å²) in [5, 5.41) is 12.9. The van der Waals surface area contributed by atoms with E-state index in [0.717, 1.165) is 24.9 Å². The first kappa shape index (κ1) is 25.5. The van der Waals surface area contributed by atoms with Gasteiger partial charge in [-0.3, -0.25) is 24.2 Å². The van der Waals surface area contributed by atoms with Gasteiger partial charge in [0.1, 0.15) is 24.4 Å². The van der Waals surface area contributed by atoms with E-state index in [9.17, 15) is 19.5 Å². The number of imide groups is 1. The number of piperidine rings is 1. The first-order valence-electron chi connectivity index (χ1n) is 15.4. The molecule has 3 aliphatic heterocycles. The fraction of sp³-hybridized carbons (Fsp3) is 0.400. The van der Waals surface area contributed by atoms with E-state index in [1.165, 1.54) is 4.90 Å². The molecule has 0 radical (unpaired) electrons. The second-order valence-corrected chi connectivity index (χ2v) is 13.1. The maximum absolute atomic E-state index is 14.3. The number of Topliss-reactive ketones (excluding diaryl/α,β-unsaturated/α-hetero) is 1. The molecule has 43 heavy (non-hydrogen) atoms. The number of carbonyl (C=O) groups excluding carboxylic acids is 3. The Bertz CT molecular complexity index is 1680. The van der Waals surface area contributed by atoms with Crippen LogP contribution in [0.2, 0.25) is 0 Å². The highest BCUT2D eigenvalue weighted by Gasteiger charge is 2.76. The van der Waals surface area contributed by atoms with Gasteiger partial charge in [-0.1, -0.05) is 42.5 Å². The smallest absolute Gasteiger partial charge is 0.261 e. The Kier molecular flexibility index (Phi) is 5.20. The molecule has 1 N–H and O–H groups in total. The van der Waals surface area contributed by atoms with Crippen molar-refractivity contribution in [3.63, 3.8) is 0 Å². The minimum atomic E-state index is -1.40. The molecule has 3 aromatic rings. The summed E-state index contributed by atoms with van der Waals surface area (Å²) in [6.45, 7) is 1.74. The van der Waals surface area contributed by atoms with Crippen LogP contribution in [0.25, 0.3) is 0 Å². The largest absolute Gasteiger partial charge is 0.485 e. The van der Waals surface area contributed by atoms with E-state index >= 15 is 0 Å². The van der Waals surface area contributed by atoms with E-state index in [-0.39, 0.29) is 24.0 Å². The third kappa shape index (κ3) is 3.25. The number of likely N-dealkylation sites (tertiary alicyclic amines) is 1. The van der Waals surface area contributed by atoms with Gasteiger partial charge in [0.25, 0.3) is 11.8 Å². The molecular weight excluding hydrogens is 544 g/mol. The minimum absolute atomic E-state index is 0.0761. The van der Waals surface area contributed by atoms with Gasteiger partial charge in [-0.15, -0.1) is 0 Å². The van der Waals surface area contributed by atoms with Crippen LogP contribution in [0.3, 0.4) is 0 Å². The average Bonchev–Trinajstić information content (AvgIpc) is 3.72. The first-order chi connectivity index (χ1) is 20.9. The number of benzene rings is 3. The van der Waals surface area contributed by atoms with Crippen LogP contribution in [-0.4, -0.2) is 69.4 Å². The molecule has 2 amide bonds. The molecule has 218 valence electrons. The van der Waals surface area contributed by atoms with Gasteiger partial charge in [-0.2, -0.15) is 0 Å². The maximum atomic E-state index is 14.3. The Morgan fingerprint density at radius 3 is 2.30 bits per heavy atom. The summed E-state index contributed by atoms with van der Waals surface area (Å²) in [6.07, 6.45) is 2.79. The maximum Gasteiger partial charge on any atom is 0.261 e. The number of amides is 2. The zero-order valence-electron chi connectivity index (χ0n) is 23.7. The number of carbonyl (C=O) groups is 3. The monoisotopic (exact) mass is 576 g/mol. The molecule has 3 fully saturated rings. The molecule has 6 aliphatic rings. The summed E-state index contributed by atoms with van der Waals surface area (Å²) >= 11 is 0. The highest BCUT2D eigenvalue weighted by atomic mass is 16.5. The van der Waals surface area contributed by atoms with Gasteiger partial charge in [-0.25, -0.2) is 0 Å². The highest BCUT2D eigenvalue weighted by Crippen LogP contribution is 2.66. The standard InChI is InChI=1S/C35H32N2O6/c38-28-24-12-13-26(42-19-21-6-2-1-3-7-21)29-27(24)34-16-17-36(18-20-10-11-20)30(28)35(34,41)15-14-25(31(34)43-29)37-32(39)22-8-4-5-9-23(22)33(37)40/h1-9,12-13,20,25,30-31,41H,10-11,14-19H2/t25-,30-,31+,34+,35-/m1/s1. The molecule has 2 saturated carbocycles. The molecule has 9 rings (SSSR count). The van der Waals surface area contributed by atoms with E-state index in [2.05, 4.69) is 4.90 Å². The number of hydrogen-bond donors (Lipinski definition) is 1. The molecule has 1 saturated heterocycles. The second kappa shape index (κ2) is 8.77. The van der Waals surface area contributed by atoms with Crippen molar-refractivity contribution < 1.29 is 29.0 Å². The molecule has 5 atom stereocenters. The Morgan fingerprint density at radius 2 is 1.58 bits per heavy atom. The van der Waals surface area contributed by atoms with Crippen LogP contribution >= 0.6 is 0 Å². The van der Waals surface area contributed by atoms with E-state index in [0.29, 0.717) is 65.7 Å². The fourth-order valence-electron chi connectivity index (χ4n) is 8.91. The summed E-state index contributed by atoms with van der Waals surface area (Å²) in [5.74, 6) is 0.781. The van der Waals surface area contributed by atoms with Gasteiger partial charge in [0.2, 0.25) is 0 Å². The van der Waals surface area contributed by atoms with Crippen LogP contribution in [0, 0.1) is 5.92 Å². The van der Waals surface area contributed by atoms with E-state index < -0.39 is 29.2 Å². The molecular formula is C35H32N2O6. The van der Waals surface area contributed by atoms with Crippen molar-refractivity contribution in [3.05, 3.63) is 94.5 Å². The van der Waals surface area contributed by atoms with Crippen LogP contribution in [0.5, 0.6) is 11.5 Å². The molecule has 1 spiro atoms. The van der Waals surface area contributed by atoms with Gasteiger partial charge in [0.15, 0.2) is 17.3 Å². The number of fused-ring (bicyclic) bond motifs is 1. The summed E-state index contributed by atoms with van der Waals surface area (Å²) in [5.41, 5.74) is 0.677. The fourth-order valence-corrected chi connectivity index (χ4v) is 8.91. The van der Waals surface area contributed by atoms with Crippen LogP contribution in [-0.2, 0) is 12.0 Å². The second-order valence-electron chi connectivity index (χ2n) is 13.1. The molecule has 0 aromatic heterocycles. The van der Waals surface area contributed by atoms with Crippen molar-refractivity contribution in [3.8, 4) is 11.5 Å².